The van der Waals surface area contributed by atoms with Crippen LogP contribution in [0.3, 0.4) is 0 Å². The Labute approximate surface area is 137 Å². The minimum absolute atomic E-state index is 0.381. The van der Waals surface area contributed by atoms with Gasteiger partial charge in [0.15, 0.2) is 0 Å². The van der Waals surface area contributed by atoms with Crippen LogP contribution in [0.4, 0.5) is 0 Å². The first kappa shape index (κ1) is 16.9. The number of rotatable bonds is 6. The number of nitrogens with zero attached hydrogens (tertiary/aromatic N) is 2. The molecule has 1 aromatic carbocycles. The van der Waals surface area contributed by atoms with Gasteiger partial charge in [0, 0.05) is 43.2 Å². The van der Waals surface area contributed by atoms with Crippen molar-refractivity contribution in [1.29, 1.82) is 0 Å². The number of aliphatic hydroxyl groups excluding tert-OH is 1. The van der Waals surface area contributed by atoms with E-state index >= 15 is 0 Å². The number of piperazine rings is 1. The van der Waals surface area contributed by atoms with Gasteiger partial charge in [0.05, 0.1) is 6.10 Å². The zero-order chi connectivity index (χ0) is 15.2. The first-order valence-electron chi connectivity index (χ1n) is 8.00. The van der Waals surface area contributed by atoms with Gasteiger partial charge in [0.1, 0.15) is 0 Å². The maximum atomic E-state index is 10.3. The molecule has 0 amide bonds. The number of hydrogen-bond acceptors (Lipinski definition) is 3. The third-order valence-corrected chi connectivity index (χ3v) is 5.33. The van der Waals surface area contributed by atoms with Gasteiger partial charge in [-0.15, -0.1) is 0 Å². The van der Waals surface area contributed by atoms with Crippen molar-refractivity contribution in [1.82, 2.24) is 9.80 Å². The Morgan fingerprint density at radius 2 is 1.86 bits per heavy atom. The lowest BCUT2D eigenvalue weighted by Crippen LogP contribution is -2.49. The van der Waals surface area contributed by atoms with Crippen LogP contribution in [0.2, 0.25) is 0 Å². The molecule has 0 radical (unpaired) electrons. The van der Waals surface area contributed by atoms with Crippen molar-refractivity contribution < 1.29 is 5.11 Å². The average Bonchev–Trinajstić information content (AvgIpc) is 2.52. The average molecular weight is 355 g/mol. The fourth-order valence-corrected chi connectivity index (χ4v) is 3.44. The van der Waals surface area contributed by atoms with E-state index in [1.807, 2.05) is 24.3 Å². The van der Waals surface area contributed by atoms with Gasteiger partial charge >= 0.3 is 0 Å². The Bertz CT molecular complexity index is 433. The summed E-state index contributed by atoms with van der Waals surface area (Å²) >= 11 is 3.51. The van der Waals surface area contributed by atoms with Gasteiger partial charge in [-0.05, 0) is 31.4 Å². The van der Waals surface area contributed by atoms with Crippen LogP contribution in [-0.4, -0.2) is 53.7 Å². The summed E-state index contributed by atoms with van der Waals surface area (Å²) in [6, 6.07) is 8.64. The van der Waals surface area contributed by atoms with Crippen molar-refractivity contribution in [2.24, 2.45) is 0 Å². The molecule has 3 nitrogen and oxygen atoms in total. The van der Waals surface area contributed by atoms with E-state index in [1.54, 1.807) is 0 Å². The molecule has 1 aromatic rings. The SMILES string of the molecule is CCC(C)N1CCN(CCC(O)c2ccccc2Br)CC1. The van der Waals surface area contributed by atoms with Gasteiger partial charge in [-0.25, -0.2) is 0 Å². The van der Waals surface area contributed by atoms with E-state index in [9.17, 15) is 5.11 Å². The molecule has 1 saturated heterocycles. The molecule has 1 aliphatic heterocycles. The highest BCUT2D eigenvalue weighted by molar-refractivity contribution is 9.10. The molecule has 1 aliphatic rings. The predicted molar refractivity (Wildman–Crippen MR) is 91.5 cm³/mol. The Balaban J connectivity index is 1.76. The fraction of sp³-hybridized carbons (Fsp3) is 0.647. The quantitative estimate of drug-likeness (QED) is 0.848. The van der Waals surface area contributed by atoms with E-state index in [0.717, 1.165) is 49.2 Å². The van der Waals surface area contributed by atoms with E-state index < -0.39 is 0 Å². The summed E-state index contributed by atoms with van der Waals surface area (Å²) in [5, 5.41) is 10.3. The minimum atomic E-state index is -0.381. The van der Waals surface area contributed by atoms with Crippen molar-refractivity contribution >= 4 is 15.9 Å². The molecule has 4 heteroatoms. The largest absolute Gasteiger partial charge is 0.388 e. The lowest BCUT2D eigenvalue weighted by Gasteiger charge is -2.38. The molecule has 1 fully saturated rings. The van der Waals surface area contributed by atoms with Gasteiger partial charge in [-0.3, -0.25) is 4.90 Å². The van der Waals surface area contributed by atoms with Crippen LogP contribution in [-0.2, 0) is 0 Å². The molecule has 1 N–H and O–H groups in total. The Kier molecular flexibility index (Phi) is 6.68. The predicted octanol–water partition coefficient (Wildman–Crippen LogP) is 3.29. The van der Waals surface area contributed by atoms with Gasteiger partial charge in [0.2, 0.25) is 0 Å². The van der Waals surface area contributed by atoms with Gasteiger partial charge in [0.25, 0.3) is 0 Å². The molecule has 0 spiro atoms. The number of benzene rings is 1. The number of aliphatic hydroxyl groups is 1. The van der Waals surface area contributed by atoms with Gasteiger partial charge in [-0.2, -0.15) is 0 Å². The van der Waals surface area contributed by atoms with Crippen molar-refractivity contribution in [3.63, 3.8) is 0 Å². The topological polar surface area (TPSA) is 26.7 Å². The van der Waals surface area contributed by atoms with Crippen LogP contribution in [0.25, 0.3) is 0 Å². The molecule has 2 unspecified atom stereocenters. The summed E-state index contributed by atoms with van der Waals surface area (Å²) < 4.78 is 0.999. The second-order valence-corrected chi connectivity index (χ2v) is 6.82. The normalized spacial score (nSPS) is 20.4. The van der Waals surface area contributed by atoms with Crippen LogP contribution in [0.5, 0.6) is 0 Å². The third kappa shape index (κ3) is 4.78. The third-order valence-electron chi connectivity index (χ3n) is 4.60. The molecule has 1 heterocycles. The number of halogens is 1. The van der Waals surface area contributed by atoms with Crippen LogP contribution in [0.1, 0.15) is 38.4 Å². The first-order valence-corrected chi connectivity index (χ1v) is 8.80. The summed E-state index contributed by atoms with van der Waals surface area (Å²) in [5.41, 5.74) is 0.996. The smallest absolute Gasteiger partial charge is 0.0813 e. The fourth-order valence-electron chi connectivity index (χ4n) is 2.89. The van der Waals surface area contributed by atoms with E-state index in [4.69, 9.17) is 0 Å². The molecule has 0 aliphatic carbocycles. The maximum absolute atomic E-state index is 10.3. The zero-order valence-corrected chi connectivity index (χ0v) is 14.7. The van der Waals surface area contributed by atoms with Crippen LogP contribution in [0, 0.1) is 0 Å². The van der Waals surface area contributed by atoms with Gasteiger partial charge < -0.3 is 10.0 Å². The summed E-state index contributed by atoms with van der Waals surface area (Å²) in [6.07, 6.45) is 1.64. The Morgan fingerprint density at radius 1 is 1.19 bits per heavy atom. The summed E-state index contributed by atoms with van der Waals surface area (Å²) in [7, 11) is 0. The standard InChI is InChI=1S/C17H27BrN2O/c1-3-14(2)20-12-10-19(11-13-20)9-8-17(21)15-6-4-5-7-16(15)18/h4-7,14,17,21H,3,8-13H2,1-2H3. The van der Waals surface area contributed by atoms with E-state index in [2.05, 4.69) is 39.6 Å². The molecule has 118 valence electrons. The monoisotopic (exact) mass is 354 g/mol. The summed E-state index contributed by atoms with van der Waals surface area (Å²) in [5.74, 6) is 0. The molecular formula is C17H27BrN2O. The van der Waals surface area contributed by atoms with Crippen molar-refractivity contribution in [2.75, 3.05) is 32.7 Å². The molecule has 0 bridgehead atoms. The highest BCUT2D eigenvalue weighted by Gasteiger charge is 2.20. The summed E-state index contributed by atoms with van der Waals surface area (Å²) in [4.78, 5) is 5.04. The lowest BCUT2D eigenvalue weighted by atomic mass is 10.1. The molecule has 0 aromatic heterocycles. The lowest BCUT2D eigenvalue weighted by molar-refractivity contribution is 0.0829. The molecule has 0 saturated carbocycles. The van der Waals surface area contributed by atoms with E-state index in [0.29, 0.717) is 6.04 Å². The van der Waals surface area contributed by atoms with Crippen molar-refractivity contribution in [3.05, 3.63) is 34.3 Å². The minimum Gasteiger partial charge on any atom is -0.388 e. The molecule has 2 atom stereocenters. The Hall–Kier alpha value is -0.420. The highest BCUT2D eigenvalue weighted by atomic mass is 79.9. The van der Waals surface area contributed by atoms with Crippen molar-refractivity contribution in [3.8, 4) is 0 Å². The Morgan fingerprint density at radius 3 is 2.48 bits per heavy atom. The number of hydrogen-bond donors (Lipinski definition) is 1. The van der Waals surface area contributed by atoms with Crippen LogP contribution < -0.4 is 0 Å². The molecule has 21 heavy (non-hydrogen) atoms. The maximum Gasteiger partial charge on any atom is 0.0813 e. The second kappa shape index (κ2) is 8.28. The summed E-state index contributed by atoms with van der Waals surface area (Å²) in [6.45, 7) is 10.1. The zero-order valence-electron chi connectivity index (χ0n) is 13.1. The van der Waals surface area contributed by atoms with Crippen molar-refractivity contribution in [2.45, 2.75) is 38.8 Å². The second-order valence-electron chi connectivity index (χ2n) is 5.96. The van der Waals surface area contributed by atoms with E-state index in [1.165, 1.54) is 6.42 Å². The van der Waals surface area contributed by atoms with Crippen LogP contribution >= 0.6 is 15.9 Å². The molecular weight excluding hydrogens is 328 g/mol. The van der Waals surface area contributed by atoms with Crippen LogP contribution in [0.15, 0.2) is 28.7 Å². The first-order chi connectivity index (χ1) is 10.1. The van der Waals surface area contributed by atoms with Gasteiger partial charge in [-0.1, -0.05) is 41.1 Å². The van der Waals surface area contributed by atoms with E-state index in [-0.39, 0.29) is 6.10 Å². The molecule has 2 rings (SSSR count). The highest BCUT2D eigenvalue weighted by Crippen LogP contribution is 2.25.